The maximum Gasteiger partial charge on any atom is 0.269 e. The molecule has 17 heavy (non-hydrogen) atoms. The number of nitro groups is 1. The topological polar surface area (TPSA) is 63.5 Å². The first kappa shape index (κ1) is 11.3. The highest BCUT2D eigenvalue weighted by Gasteiger charge is 2.18. The molecule has 0 aromatic heterocycles. The quantitative estimate of drug-likeness (QED) is 0.423. The average Bonchev–Trinajstić information content (AvgIpc) is 2.49. The molecule has 1 aliphatic rings. The van der Waals surface area contributed by atoms with Crippen molar-refractivity contribution in [3.63, 3.8) is 0 Å². The van der Waals surface area contributed by atoms with Crippen molar-refractivity contribution in [2.75, 3.05) is 11.4 Å². The molecular weight excluding hydrogens is 220 g/mol. The molecule has 0 saturated carbocycles. The summed E-state index contributed by atoms with van der Waals surface area (Å²) in [5, 5.41) is 10.7. The first-order valence-electron chi connectivity index (χ1n) is 5.30. The SMILES string of the molecule is CC(=O)N1CC=CCc2cc([N+](=O)[O-])ccc21. The number of nitrogens with zero attached hydrogens (tertiary/aromatic N) is 2. The van der Waals surface area contributed by atoms with Gasteiger partial charge in [-0.25, -0.2) is 0 Å². The third kappa shape index (κ3) is 2.18. The van der Waals surface area contributed by atoms with Crippen molar-refractivity contribution in [3.8, 4) is 0 Å². The second kappa shape index (κ2) is 4.37. The van der Waals surface area contributed by atoms with Gasteiger partial charge in [0.15, 0.2) is 0 Å². The van der Waals surface area contributed by atoms with Gasteiger partial charge in [0.25, 0.3) is 5.69 Å². The van der Waals surface area contributed by atoms with Crippen molar-refractivity contribution in [2.24, 2.45) is 0 Å². The van der Waals surface area contributed by atoms with Crippen LogP contribution in [0.2, 0.25) is 0 Å². The molecule has 0 bridgehead atoms. The number of nitro benzene ring substituents is 1. The number of non-ortho nitro benzene ring substituents is 1. The summed E-state index contributed by atoms with van der Waals surface area (Å²) in [6.45, 7) is 2.00. The molecule has 0 atom stereocenters. The van der Waals surface area contributed by atoms with Crippen LogP contribution in [-0.4, -0.2) is 17.4 Å². The van der Waals surface area contributed by atoms with Gasteiger partial charge in [0.1, 0.15) is 0 Å². The summed E-state index contributed by atoms with van der Waals surface area (Å²) < 4.78 is 0. The molecule has 88 valence electrons. The fraction of sp³-hybridized carbons (Fsp3) is 0.250. The predicted molar refractivity (Wildman–Crippen MR) is 64.0 cm³/mol. The van der Waals surface area contributed by atoms with Gasteiger partial charge in [-0.05, 0) is 18.1 Å². The number of carbonyl (C=O) groups excluding carboxylic acids is 1. The Balaban J connectivity index is 2.50. The van der Waals surface area contributed by atoms with Crippen LogP contribution in [0.1, 0.15) is 12.5 Å². The van der Waals surface area contributed by atoms with Gasteiger partial charge in [0.05, 0.1) is 4.92 Å². The Bertz CT molecular complexity index is 508. The van der Waals surface area contributed by atoms with Gasteiger partial charge >= 0.3 is 0 Å². The van der Waals surface area contributed by atoms with Crippen LogP contribution in [0.15, 0.2) is 30.4 Å². The van der Waals surface area contributed by atoms with Gasteiger partial charge in [-0.3, -0.25) is 14.9 Å². The lowest BCUT2D eigenvalue weighted by molar-refractivity contribution is -0.384. The standard InChI is InChI=1S/C12H12N2O3/c1-9(15)13-7-3-2-4-10-8-11(14(16)17)5-6-12(10)13/h2-3,5-6,8H,4,7H2,1H3. The molecule has 0 N–H and O–H groups in total. The Hall–Kier alpha value is -2.17. The Morgan fingerprint density at radius 1 is 1.41 bits per heavy atom. The number of benzene rings is 1. The van der Waals surface area contributed by atoms with E-state index in [2.05, 4.69) is 0 Å². The molecule has 1 aromatic rings. The summed E-state index contributed by atoms with van der Waals surface area (Å²) in [4.78, 5) is 23.4. The smallest absolute Gasteiger partial charge is 0.269 e. The highest BCUT2D eigenvalue weighted by Crippen LogP contribution is 2.28. The van der Waals surface area contributed by atoms with Crippen molar-refractivity contribution >= 4 is 17.3 Å². The van der Waals surface area contributed by atoms with E-state index in [0.717, 1.165) is 11.3 Å². The molecule has 1 amide bonds. The lowest BCUT2D eigenvalue weighted by Crippen LogP contribution is -2.28. The number of carbonyl (C=O) groups is 1. The van der Waals surface area contributed by atoms with Crippen LogP contribution in [-0.2, 0) is 11.2 Å². The van der Waals surface area contributed by atoms with Crippen LogP contribution >= 0.6 is 0 Å². The minimum absolute atomic E-state index is 0.0579. The molecular formula is C12H12N2O3. The van der Waals surface area contributed by atoms with Crippen molar-refractivity contribution in [1.29, 1.82) is 0 Å². The van der Waals surface area contributed by atoms with E-state index in [1.807, 2.05) is 12.2 Å². The van der Waals surface area contributed by atoms with E-state index in [1.165, 1.54) is 19.1 Å². The van der Waals surface area contributed by atoms with E-state index in [4.69, 9.17) is 0 Å². The molecule has 0 unspecified atom stereocenters. The summed E-state index contributed by atoms with van der Waals surface area (Å²) in [5.74, 6) is -0.0633. The van der Waals surface area contributed by atoms with Gasteiger partial charge in [-0.1, -0.05) is 12.2 Å². The molecule has 0 aliphatic carbocycles. The highest BCUT2D eigenvalue weighted by molar-refractivity contribution is 5.93. The Labute approximate surface area is 98.5 Å². The Morgan fingerprint density at radius 3 is 2.82 bits per heavy atom. The zero-order chi connectivity index (χ0) is 12.4. The number of amides is 1. The summed E-state index contributed by atoms with van der Waals surface area (Å²) in [6.07, 6.45) is 4.43. The molecule has 1 aliphatic heterocycles. The molecule has 0 spiro atoms. The third-order valence-electron chi connectivity index (χ3n) is 2.74. The van der Waals surface area contributed by atoms with E-state index in [0.29, 0.717) is 13.0 Å². The van der Waals surface area contributed by atoms with Crippen molar-refractivity contribution in [2.45, 2.75) is 13.3 Å². The van der Waals surface area contributed by atoms with Crippen LogP contribution in [0.3, 0.4) is 0 Å². The Kier molecular flexibility index (Phi) is 2.91. The number of hydrogen-bond donors (Lipinski definition) is 0. The number of fused-ring (bicyclic) bond motifs is 1. The van der Waals surface area contributed by atoms with E-state index in [9.17, 15) is 14.9 Å². The lowest BCUT2D eigenvalue weighted by atomic mass is 10.1. The number of allylic oxidation sites excluding steroid dienone is 1. The van der Waals surface area contributed by atoms with E-state index < -0.39 is 4.92 Å². The van der Waals surface area contributed by atoms with E-state index in [1.54, 1.807) is 11.0 Å². The van der Waals surface area contributed by atoms with Crippen LogP contribution in [0.4, 0.5) is 11.4 Å². The normalized spacial score (nSPS) is 14.1. The molecule has 5 nitrogen and oxygen atoms in total. The first-order valence-corrected chi connectivity index (χ1v) is 5.30. The number of hydrogen-bond acceptors (Lipinski definition) is 3. The first-order chi connectivity index (χ1) is 8.09. The maximum absolute atomic E-state index is 11.5. The van der Waals surface area contributed by atoms with Gasteiger partial charge in [-0.15, -0.1) is 0 Å². The molecule has 1 heterocycles. The summed E-state index contributed by atoms with van der Waals surface area (Å²) in [6, 6.07) is 4.60. The minimum atomic E-state index is -0.424. The van der Waals surface area contributed by atoms with Crippen molar-refractivity contribution < 1.29 is 9.72 Å². The lowest BCUT2D eigenvalue weighted by Gasteiger charge is -2.20. The van der Waals surface area contributed by atoms with Crippen LogP contribution < -0.4 is 4.90 Å². The van der Waals surface area contributed by atoms with Crippen LogP contribution in [0, 0.1) is 10.1 Å². The van der Waals surface area contributed by atoms with Gasteiger partial charge in [-0.2, -0.15) is 0 Å². The fourth-order valence-electron chi connectivity index (χ4n) is 1.90. The minimum Gasteiger partial charge on any atom is -0.309 e. The maximum atomic E-state index is 11.5. The van der Waals surface area contributed by atoms with Crippen molar-refractivity contribution in [1.82, 2.24) is 0 Å². The monoisotopic (exact) mass is 232 g/mol. The van der Waals surface area contributed by atoms with Crippen molar-refractivity contribution in [3.05, 3.63) is 46.0 Å². The molecule has 2 rings (SSSR count). The van der Waals surface area contributed by atoms with Gasteiger partial charge in [0.2, 0.25) is 5.91 Å². The molecule has 0 saturated heterocycles. The summed E-state index contributed by atoms with van der Waals surface area (Å²) >= 11 is 0. The van der Waals surface area contributed by atoms with Gasteiger partial charge < -0.3 is 4.90 Å². The number of anilines is 1. The summed E-state index contributed by atoms with van der Waals surface area (Å²) in [5.41, 5.74) is 1.62. The zero-order valence-electron chi connectivity index (χ0n) is 9.42. The predicted octanol–water partition coefficient (Wildman–Crippen LogP) is 2.06. The highest BCUT2D eigenvalue weighted by atomic mass is 16.6. The average molecular weight is 232 g/mol. The molecule has 0 radical (unpaired) electrons. The molecule has 1 aromatic carbocycles. The largest absolute Gasteiger partial charge is 0.309 e. The van der Waals surface area contributed by atoms with Crippen LogP contribution in [0.25, 0.3) is 0 Å². The second-order valence-electron chi connectivity index (χ2n) is 3.88. The third-order valence-corrected chi connectivity index (χ3v) is 2.74. The fourth-order valence-corrected chi connectivity index (χ4v) is 1.90. The van der Waals surface area contributed by atoms with E-state index in [-0.39, 0.29) is 11.6 Å². The number of rotatable bonds is 1. The molecule has 5 heteroatoms. The van der Waals surface area contributed by atoms with Gasteiger partial charge in [0, 0.05) is 31.3 Å². The second-order valence-corrected chi connectivity index (χ2v) is 3.88. The van der Waals surface area contributed by atoms with E-state index >= 15 is 0 Å². The molecule has 0 fully saturated rings. The zero-order valence-corrected chi connectivity index (χ0v) is 9.42. The van der Waals surface area contributed by atoms with Crippen LogP contribution in [0.5, 0.6) is 0 Å². The Morgan fingerprint density at radius 2 is 2.18 bits per heavy atom. The summed E-state index contributed by atoms with van der Waals surface area (Å²) in [7, 11) is 0.